The fraction of sp³-hybridized carbons (Fsp3) is 0.120. The van der Waals surface area contributed by atoms with Gasteiger partial charge in [0.15, 0.2) is 0 Å². The van der Waals surface area contributed by atoms with Crippen LogP contribution in [-0.4, -0.2) is 23.2 Å². The summed E-state index contributed by atoms with van der Waals surface area (Å²) in [7, 11) is 1.60. The number of rotatable bonds is 5. The van der Waals surface area contributed by atoms with Crippen molar-refractivity contribution in [2.24, 2.45) is 0 Å². The van der Waals surface area contributed by atoms with Crippen molar-refractivity contribution in [2.75, 3.05) is 7.11 Å². The zero-order chi connectivity index (χ0) is 21.3. The van der Waals surface area contributed by atoms with Crippen LogP contribution in [0, 0.1) is 12.7 Å². The third kappa shape index (κ3) is 3.67. The number of ether oxygens (including phenoxy) is 1. The Labute approximate surface area is 173 Å². The maximum Gasteiger partial charge on any atom is 0.336 e. The van der Waals surface area contributed by atoms with Crippen LogP contribution in [0.2, 0.25) is 0 Å². The molecule has 1 heterocycles. The Morgan fingerprint density at radius 3 is 2.57 bits per heavy atom. The Morgan fingerprint density at radius 2 is 1.83 bits per heavy atom. The lowest BCUT2D eigenvalue weighted by molar-refractivity contribution is 0.0699. The van der Waals surface area contributed by atoms with Gasteiger partial charge in [0.2, 0.25) is 0 Å². The van der Waals surface area contributed by atoms with E-state index in [1.807, 2.05) is 37.3 Å². The van der Waals surface area contributed by atoms with Crippen LogP contribution in [0.25, 0.3) is 33.3 Å². The van der Waals surface area contributed by atoms with Gasteiger partial charge >= 0.3 is 5.97 Å². The van der Waals surface area contributed by atoms with Gasteiger partial charge in [-0.1, -0.05) is 48.0 Å². The van der Waals surface area contributed by atoms with Crippen LogP contribution < -0.4 is 0 Å². The summed E-state index contributed by atoms with van der Waals surface area (Å²) in [5.74, 6) is -1.45. The topological polar surface area (TPSA) is 59.4 Å². The molecule has 0 radical (unpaired) electrons. The van der Waals surface area contributed by atoms with Gasteiger partial charge < -0.3 is 9.84 Å². The molecule has 4 aromatic rings. The van der Waals surface area contributed by atoms with Crippen LogP contribution in [0.15, 0.2) is 66.7 Å². The quantitative estimate of drug-likeness (QED) is 0.455. The maximum atomic E-state index is 15.1. The molecule has 150 valence electrons. The fourth-order valence-corrected chi connectivity index (χ4v) is 3.62. The van der Waals surface area contributed by atoms with E-state index < -0.39 is 11.8 Å². The number of methoxy groups -OCH3 is 1. The Kier molecular flexibility index (Phi) is 5.29. The van der Waals surface area contributed by atoms with E-state index in [0.29, 0.717) is 34.3 Å². The Bertz CT molecular complexity index is 1270. The molecule has 0 unspecified atom stereocenters. The third-order valence-corrected chi connectivity index (χ3v) is 5.07. The van der Waals surface area contributed by atoms with Crippen LogP contribution >= 0.6 is 0 Å². The van der Waals surface area contributed by atoms with Gasteiger partial charge in [0.05, 0.1) is 23.4 Å². The minimum Gasteiger partial charge on any atom is -0.478 e. The van der Waals surface area contributed by atoms with Gasteiger partial charge in [0.25, 0.3) is 0 Å². The van der Waals surface area contributed by atoms with E-state index in [1.165, 1.54) is 12.1 Å². The molecule has 0 amide bonds. The molecule has 1 N–H and O–H groups in total. The summed E-state index contributed by atoms with van der Waals surface area (Å²) < 4.78 is 20.3. The van der Waals surface area contributed by atoms with E-state index in [9.17, 15) is 9.90 Å². The molecular formula is C25H20FNO3. The standard InChI is InChI=1S/C25H20FNO3/c1-15-7-10-23-20(11-15)21(25(28)29)13-24(27-23)16-8-9-19(22(26)12-16)18-6-4-3-5-17(18)14-30-2/h3-13H,14H2,1-2H3,(H,28,29). The van der Waals surface area contributed by atoms with Crippen molar-refractivity contribution in [2.45, 2.75) is 13.5 Å². The molecule has 1 aromatic heterocycles. The maximum absolute atomic E-state index is 15.1. The van der Waals surface area contributed by atoms with Gasteiger partial charge in [-0.05, 0) is 42.3 Å². The molecule has 5 heteroatoms. The molecule has 0 saturated carbocycles. The minimum absolute atomic E-state index is 0.147. The lowest BCUT2D eigenvalue weighted by Crippen LogP contribution is -2.01. The largest absolute Gasteiger partial charge is 0.478 e. The lowest BCUT2D eigenvalue weighted by Gasteiger charge is -2.12. The number of hydrogen-bond donors (Lipinski definition) is 1. The van der Waals surface area contributed by atoms with Crippen molar-refractivity contribution in [3.8, 4) is 22.4 Å². The lowest BCUT2D eigenvalue weighted by atomic mass is 9.97. The number of aryl methyl sites for hydroxylation is 1. The van der Waals surface area contributed by atoms with Gasteiger partial charge in [-0.25, -0.2) is 14.2 Å². The summed E-state index contributed by atoms with van der Waals surface area (Å²) in [4.78, 5) is 16.4. The van der Waals surface area contributed by atoms with Crippen LogP contribution in [0.5, 0.6) is 0 Å². The second kappa shape index (κ2) is 8.05. The molecule has 0 aliphatic rings. The van der Waals surface area contributed by atoms with Gasteiger partial charge in [0.1, 0.15) is 5.82 Å². The van der Waals surface area contributed by atoms with Crippen LogP contribution in [-0.2, 0) is 11.3 Å². The highest BCUT2D eigenvalue weighted by Gasteiger charge is 2.15. The average Bonchev–Trinajstić information content (AvgIpc) is 2.73. The number of fused-ring (bicyclic) bond motifs is 1. The second-order valence-electron chi connectivity index (χ2n) is 7.17. The van der Waals surface area contributed by atoms with E-state index in [-0.39, 0.29) is 5.56 Å². The summed E-state index contributed by atoms with van der Waals surface area (Å²) in [5, 5.41) is 10.2. The zero-order valence-corrected chi connectivity index (χ0v) is 16.6. The summed E-state index contributed by atoms with van der Waals surface area (Å²) >= 11 is 0. The third-order valence-electron chi connectivity index (χ3n) is 5.07. The smallest absolute Gasteiger partial charge is 0.336 e. The number of carboxylic acid groups (broad SMARTS) is 1. The van der Waals surface area contributed by atoms with Gasteiger partial charge in [-0.3, -0.25) is 0 Å². The summed E-state index contributed by atoms with van der Waals surface area (Å²) in [6, 6.07) is 19.3. The minimum atomic E-state index is -1.04. The number of carboxylic acids is 1. The van der Waals surface area contributed by atoms with Gasteiger partial charge in [-0.15, -0.1) is 0 Å². The molecule has 0 aliphatic heterocycles. The van der Waals surface area contributed by atoms with Gasteiger partial charge in [0, 0.05) is 23.6 Å². The van der Waals surface area contributed by atoms with Gasteiger partial charge in [-0.2, -0.15) is 0 Å². The summed E-state index contributed by atoms with van der Waals surface area (Å²) in [5.41, 5.74) is 4.70. The van der Waals surface area contributed by atoms with E-state index >= 15 is 4.39 Å². The van der Waals surface area contributed by atoms with Crippen molar-refractivity contribution in [3.05, 3.63) is 89.2 Å². The predicted molar refractivity (Wildman–Crippen MR) is 115 cm³/mol. The molecule has 0 spiro atoms. The first-order valence-corrected chi connectivity index (χ1v) is 9.50. The molecule has 3 aromatic carbocycles. The number of pyridine rings is 1. The Hall–Kier alpha value is -3.57. The number of halogens is 1. The monoisotopic (exact) mass is 401 g/mol. The highest BCUT2D eigenvalue weighted by molar-refractivity contribution is 6.04. The molecular weight excluding hydrogens is 381 g/mol. The van der Waals surface area contributed by atoms with E-state index in [2.05, 4.69) is 4.98 Å². The molecule has 0 bridgehead atoms. The van der Waals surface area contributed by atoms with Crippen molar-refractivity contribution in [1.82, 2.24) is 4.98 Å². The average molecular weight is 401 g/mol. The molecule has 4 nitrogen and oxygen atoms in total. The molecule has 0 atom stereocenters. The SMILES string of the molecule is COCc1ccccc1-c1ccc(-c2cc(C(=O)O)c3cc(C)ccc3n2)cc1F. The first kappa shape index (κ1) is 19.7. The number of aromatic carboxylic acids is 1. The molecule has 0 saturated heterocycles. The number of carbonyl (C=O) groups is 1. The Morgan fingerprint density at radius 1 is 1.03 bits per heavy atom. The van der Waals surface area contributed by atoms with Crippen molar-refractivity contribution >= 4 is 16.9 Å². The normalized spacial score (nSPS) is 11.0. The molecule has 30 heavy (non-hydrogen) atoms. The van der Waals surface area contributed by atoms with Crippen molar-refractivity contribution in [3.63, 3.8) is 0 Å². The van der Waals surface area contributed by atoms with Crippen LogP contribution in [0.3, 0.4) is 0 Å². The van der Waals surface area contributed by atoms with E-state index in [0.717, 1.165) is 16.7 Å². The predicted octanol–water partition coefficient (Wildman–Crippen LogP) is 5.86. The first-order chi connectivity index (χ1) is 14.5. The van der Waals surface area contributed by atoms with E-state index in [1.54, 1.807) is 31.4 Å². The van der Waals surface area contributed by atoms with Crippen LogP contribution in [0.4, 0.5) is 4.39 Å². The molecule has 4 rings (SSSR count). The van der Waals surface area contributed by atoms with Crippen molar-refractivity contribution in [1.29, 1.82) is 0 Å². The number of hydrogen-bond acceptors (Lipinski definition) is 3. The van der Waals surface area contributed by atoms with E-state index in [4.69, 9.17) is 4.74 Å². The second-order valence-corrected chi connectivity index (χ2v) is 7.17. The number of aromatic nitrogens is 1. The summed E-state index contributed by atoms with van der Waals surface area (Å²) in [6.45, 7) is 2.28. The molecule has 0 fully saturated rings. The molecule has 0 aliphatic carbocycles. The fourth-order valence-electron chi connectivity index (χ4n) is 3.62. The zero-order valence-electron chi connectivity index (χ0n) is 16.6. The Balaban J connectivity index is 1.83. The van der Waals surface area contributed by atoms with Crippen LogP contribution in [0.1, 0.15) is 21.5 Å². The number of benzene rings is 3. The summed E-state index contributed by atoms with van der Waals surface area (Å²) in [6.07, 6.45) is 0. The number of nitrogens with zero attached hydrogens (tertiary/aromatic N) is 1. The highest BCUT2D eigenvalue weighted by Crippen LogP contribution is 2.31. The van der Waals surface area contributed by atoms with Crippen molar-refractivity contribution < 1.29 is 19.0 Å². The first-order valence-electron chi connectivity index (χ1n) is 9.50. The highest BCUT2D eigenvalue weighted by atomic mass is 19.1.